The summed E-state index contributed by atoms with van der Waals surface area (Å²) in [5, 5.41) is 13.8. The summed E-state index contributed by atoms with van der Waals surface area (Å²) in [4.78, 5) is 9.90. The molecule has 4 nitrogen and oxygen atoms in total. The first-order chi connectivity index (χ1) is 21.3. The Kier molecular flexibility index (Phi) is 5.80. The molecule has 0 saturated heterocycles. The van der Waals surface area contributed by atoms with Gasteiger partial charge in [0.15, 0.2) is 5.82 Å². The number of benzene rings is 6. The fraction of sp³-hybridized carbons (Fsp3) is 0. The molecule has 0 aliphatic carbocycles. The van der Waals surface area contributed by atoms with E-state index in [9.17, 15) is 5.26 Å². The number of hydrogen-bond donors (Lipinski definition) is 0. The quantitative estimate of drug-likeness (QED) is 0.219. The molecule has 0 radical (unpaired) electrons. The number of nitrogens with zero attached hydrogens (tertiary/aromatic N) is 3. The molecule has 43 heavy (non-hydrogen) atoms. The number of aromatic nitrogens is 2. The Labute approximate surface area is 248 Å². The number of fused-ring (bicyclic) bond motifs is 5. The minimum atomic E-state index is 0.611. The number of hydrogen-bond acceptors (Lipinski definition) is 4. The molecule has 0 aliphatic rings. The summed E-state index contributed by atoms with van der Waals surface area (Å²) in [7, 11) is 0. The van der Waals surface area contributed by atoms with Crippen LogP contribution in [0.3, 0.4) is 0 Å². The van der Waals surface area contributed by atoms with Gasteiger partial charge in [0.2, 0.25) is 0 Å². The second-order valence-electron chi connectivity index (χ2n) is 10.5. The van der Waals surface area contributed by atoms with E-state index in [-0.39, 0.29) is 0 Å². The highest BCUT2D eigenvalue weighted by Gasteiger charge is 2.17. The molecule has 0 spiro atoms. The van der Waals surface area contributed by atoms with Crippen LogP contribution in [0.2, 0.25) is 0 Å². The Bertz CT molecular complexity index is 2270. The lowest BCUT2D eigenvalue weighted by Crippen LogP contribution is -1.95. The maximum Gasteiger partial charge on any atom is 0.160 e. The summed E-state index contributed by atoms with van der Waals surface area (Å²) in [6, 6.07) is 49.3. The van der Waals surface area contributed by atoms with E-state index in [0.717, 1.165) is 71.9 Å². The molecule has 2 aromatic heterocycles. The van der Waals surface area contributed by atoms with E-state index in [1.165, 1.54) is 0 Å². The average molecular weight is 550 g/mol. The first-order valence-electron chi connectivity index (χ1n) is 14.1. The fourth-order valence-corrected chi connectivity index (χ4v) is 5.87. The summed E-state index contributed by atoms with van der Waals surface area (Å²) < 4.78 is 6.31. The van der Waals surface area contributed by atoms with Crippen LogP contribution in [0, 0.1) is 11.3 Å². The van der Waals surface area contributed by atoms with Crippen LogP contribution in [-0.2, 0) is 0 Å². The van der Waals surface area contributed by atoms with Crippen LogP contribution >= 0.6 is 0 Å². The van der Waals surface area contributed by atoms with Crippen molar-refractivity contribution in [3.63, 3.8) is 0 Å². The Morgan fingerprint density at radius 1 is 0.512 bits per heavy atom. The lowest BCUT2D eigenvalue weighted by atomic mass is 9.94. The van der Waals surface area contributed by atoms with Gasteiger partial charge in [-0.25, -0.2) is 9.97 Å². The Morgan fingerprint density at radius 2 is 1.12 bits per heavy atom. The van der Waals surface area contributed by atoms with Crippen molar-refractivity contribution in [2.24, 2.45) is 0 Å². The summed E-state index contributed by atoms with van der Waals surface area (Å²) in [6.07, 6.45) is 0. The fourth-order valence-electron chi connectivity index (χ4n) is 5.87. The van der Waals surface area contributed by atoms with Gasteiger partial charge in [-0.2, -0.15) is 5.26 Å². The van der Waals surface area contributed by atoms with Crippen molar-refractivity contribution in [2.45, 2.75) is 0 Å². The van der Waals surface area contributed by atoms with E-state index in [4.69, 9.17) is 14.4 Å². The molecule has 4 heteroatoms. The van der Waals surface area contributed by atoms with Gasteiger partial charge in [-0.3, -0.25) is 0 Å². The molecule has 0 atom stereocenters. The molecule has 0 fully saturated rings. The molecule has 6 aromatic carbocycles. The van der Waals surface area contributed by atoms with Gasteiger partial charge in [0.05, 0.1) is 23.0 Å². The van der Waals surface area contributed by atoms with Crippen LogP contribution in [0.15, 0.2) is 144 Å². The summed E-state index contributed by atoms with van der Waals surface area (Å²) in [6.45, 7) is 0. The third-order valence-electron chi connectivity index (χ3n) is 7.94. The highest BCUT2D eigenvalue weighted by molar-refractivity contribution is 6.20. The molecule has 8 aromatic rings. The molecular formula is C39H23N3O. The molecular weight excluding hydrogens is 526 g/mol. The zero-order valence-corrected chi connectivity index (χ0v) is 23.0. The van der Waals surface area contributed by atoms with Gasteiger partial charge in [0, 0.05) is 32.8 Å². The van der Waals surface area contributed by atoms with Gasteiger partial charge in [-0.05, 0) is 40.8 Å². The third-order valence-corrected chi connectivity index (χ3v) is 7.94. The summed E-state index contributed by atoms with van der Waals surface area (Å²) in [5.74, 6) is 0.692. The van der Waals surface area contributed by atoms with Crippen LogP contribution < -0.4 is 0 Å². The summed E-state index contributed by atoms with van der Waals surface area (Å²) >= 11 is 0. The van der Waals surface area contributed by atoms with E-state index in [1.54, 1.807) is 0 Å². The second-order valence-corrected chi connectivity index (χ2v) is 10.5. The van der Waals surface area contributed by atoms with Crippen LogP contribution in [0.4, 0.5) is 0 Å². The SMILES string of the molecule is N#Cc1cccc2oc3c4ccccc4c(-c4ccc(-c5cc(-c6ccccc6)nc(-c6ccccc6)n5)cc4)cc3c12. The second kappa shape index (κ2) is 10.1. The molecule has 2 heterocycles. The monoisotopic (exact) mass is 549 g/mol. The van der Waals surface area contributed by atoms with Gasteiger partial charge in [-0.1, -0.05) is 115 Å². The zero-order chi connectivity index (χ0) is 28.8. The van der Waals surface area contributed by atoms with Gasteiger partial charge in [0.1, 0.15) is 11.2 Å². The highest BCUT2D eigenvalue weighted by Crippen LogP contribution is 2.41. The van der Waals surface area contributed by atoms with Crippen LogP contribution in [-0.4, -0.2) is 9.97 Å². The third kappa shape index (κ3) is 4.23. The average Bonchev–Trinajstić information content (AvgIpc) is 3.48. The van der Waals surface area contributed by atoms with Gasteiger partial charge < -0.3 is 4.42 Å². The smallest absolute Gasteiger partial charge is 0.160 e. The molecule has 0 bridgehead atoms. The molecule has 0 unspecified atom stereocenters. The normalized spacial score (nSPS) is 11.2. The van der Waals surface area contributed by atoms with E-state index in [2.05, 4.69) is 66.7 Å². The topological polar surface area (TPSA) is 62.7 Å². The van der Waals surface area contributed by atoms with Crippen molar-refractivity contribution in [3.05, 3.63) is 145 Å². The molecule has 0 amide bonds. The number of furan rings is 1. The van der Waals surface area contributed by atoms with E-state index < -0.39 is 0 Å². The van der Waals surface area contributed by atoms with Crippen LogP contribution in [0.25, 0.3) is 77.7 Å². The molecule has 0 saturated carbocycles. The van der Waals surface area contributed by atoms with Crippen molar-refractivity contribution in [3.8, 4) is 51.1 Å². The minimum Gasteiger partial charge on any atom is -0.455 e. The maximum absolute atomic E-state index is 9.83. The number of nitriles is 1. The first kappa shape index (κ1) is 24.7. The van der Waals surface area contributed by atoms with Crippen molar-refractivity contribution in [1.29, 1.82) is 5.26 Å². The van der Waals surface area contributed by atoms with Crippen LogP contribution in [0.5, 0.6) is 0 Å². The number of rotatable bonds is 4. The minimum absolute atomic E-state index is 0.611. The van der Waals surface area contributed by atoms with E-state index >= 15 is 0 Å². The predicted octanol–water partition coefficient (Wildman–Crippen LogP) is 10.1. The van der Waals surface area contributed by atoms with Crippen molar-refractivity contribution < 1.29 is 4.42 Å². The predicted molar refractivity (Wildman–Crippen MR) is 173 cm³/mol. The lowest BCUT2D eigenvalue weighted by molar-refractivity contribution is 0.672. The van der Waals surface area contributed by atoms with Crippen molar-refractivity contribution in [1.82, 2.24) is 9.97 Å². The summed E-state index contributed by atoms with van der Waals surface area (Å²) in [5.41, 5.74) is 9.06. The van der Waals surface area contributed by atoms with Crippen LogP contribution in [0.1, 0.15) is 5.56 Å². The Morgan fingerprint density at radius 3 is 1.81 bits per heavy atom. The zero-order valence-electron chi connectivity index (χ0n) is 23.0. The highest BCUT2D eigenvalue weighted by atomic mass is 16.3. The first-order valence-corrected chi connectivity index (χ1v) is 14.1. The van der Waals surface area contributed by atoms with Crippen molar-refractivity contribution >= 4 is 32.7 Å². The molecule has 0 aliphatic heterocycles. The maximum atomic E-state index is 9.83. The van der Waals surface area contributed by atoms with Crippen molar-refractivity contribution in [2.75, 3.05) is 0 Å². The lowest BCUT2D eigenvalue weighted by Gasteiger charge is -2.11. The largest absolute Gasteiger partial charge is 0.455 e. The Balaban J connectivity index is 1.29. The Hall–Kier alpha value is -6.05. The molecule has 0 N–H and O–H groups in total. The van der Waals surface area contributed by atoms with Gasteiger partial charge >= 0.3 is 0 Å². The van der Waals surface area contributed by atoms with Gasteiger partial charge in [0.25, 0.3) is 0 Å². The molecule has 8 rings (SSSR count). The van der Waals surface area contributed by atoms with E-state index in [0.29, 0.717) is 11.4 Å². The van der Waals surface area contributed by atoms with Gasteiger partial charge in [-0.15, -0.1) is 0 Å². The standard InChI is InChI=1S/C39H23N3O/c40-24-29-14-9-17-36-37(29)33-22-32(30-15-7-8-16-31(30)38(33)43-36)25-18-20-27(21-19-25)35-23-34(26-10-3-1-4-11-26)41-39(42-35)28-12-5-2-6-13-28/h1-23H. The molecule has 200 valence electrons. The van der Waals surface area contributed by atoms with E-state index in [1.807, 2.05) is 78.9 Å².